The molecule has 4 nitrogen and oxygen atoms in total. The third-order valence-electron chi connectivity index (χ3n) is 4.05. The van der Waals surface area contributed by atoms with Crippen molar-refractivity contribution in [2.24, 2.45) is 0 Å². The minimum absolute atomic E-state index is 0.308. The van der Waals surface area contributed by atoms with E-state index in [1.54, 1.807) is 6.07 Å². The van der Waals surface area contributed by atoms with Crippen LogP contribution in [0, 0.1) is 13.8 Å². The van der Waals surface area contributed by atoms with Crippen LogP contribution < -0.4 is 4.90 Å². The van der Waals surface area contributed by atoms with Gasteiger partial charge in [0, 0.05) is 18.5 Å². The van der Waals surface area contributed by atoms with Crippen molar-refractivity contribution in [3.8, 4) is 0 Å². The number of hydrogen-bond acceptors (Lipinski definition) is 3. The van der Waals surface area contributed by atoms with Gasteiger partial charge in [0.15, 0.2) is 0 Å². The molecule has 2 heterocycles. The van der Waals surface area contributed by atoms with Crippen LogP contribution in [0.25, 0.3) is 10.9 Å². The average Bonchev–Trinajstić information content (AvgIpc) is 2.92. The minimum atomic E-state index is -0.903. The van der Waals surface area contributed by atoms with E-state index in [-0.39, 0.29) is 0 Å². The number of fused-ring (bicyclic) bond motifs is 1. The number of carbonyl (C=O) groups is 1. The zero-order valence-electron chi connectivity index (χ0n) is 11.8. The van der Waals surface area contributed by atoms with Crippen LogP contribution >= 0.6 is 0 Å². The Labute approximate surface area is 118 Å². The molecular formula is C16H18N2O2. The highest BCUT2D eigenvalue weighted by molar-refractivity contribution is 5.98. The van der Waals surface area contributed by atoms with E-state index in [1.807, 2.05) is 19.1 Å². The molecule has 0 amide bonds. The first-order valence-electron chi connectivity index (χ1n) is 6.96. The lowest BCUT2D eigenvalue weighted by Crippen LogP contribution is -2.22. The van der Waals surface area contributed by atoms with Crippen molar-refractivity contribution in [2.75, 3.05) is 18.0 Å². The zero-order chi connectivity index (χ0) is 14.3. The first-order chi connectivity index (χ1) is 9.56. The van der Waals surface area contributed by atoms with E-state index in [0.29, 0.717) is 11.4 Å². The molecule has 0 radical (unpaired) electrons. The van der Waals surface area contributed by atoms with Crippen molar-refractivity contribution in [1.82, 2.24) is 4.98 Å². The highest BCUT2D eigenvalue weighted by atomic mass is 16.4. The maximum Gasteiger partial charge on any atom is 0.339 e. The summed E-state index contributed by atoms with van der Waals surface area (Å²) in [6, 6.07) is 5.80. The molecule has 1 N–H and O–H groups in total. The van der Waals surface area contributed by atoms with E-state index in [0.717, 1.165) is 42.4 Å². The van der Waals surface area contributed by atoms with E-state index in [2.05, 4.69) is 16.8 Å². The predicted molar refractivity (Wildman–Crippen MR) is 79.6 cm³/mol. The Balaban J connectivity index is 2.23. The van der Waals surface area contributed by atoms with Crippen molar-refractivity contribution < 1.29 is 9.90 Å². The molecular weight excluding hydrogens is 252 g/mol. The molecule has 0 unspecified atom stereocenters. The summed E-state index contributed by atoms with van der Waals surface area (Å²) in [5.74, 6) is -0.287. The van der Waals surface area contributed by atoms with Crippen molar-refractivity contribution in [3.05, 3.63) is 34.9 Å². The Morgan fingerprint density at radius 2 is 1.80 bits per heavy atom. The number of rotatable bonds is 2. The highest BCUT2D eigenvalue weighted by Crippen LogP contribution is 2.28. The molecule has 0 atom stereocenters. The largest absolute Gasteiger partial charge is 0.478 e. The van der Waals surface area contributed by atoms with Crippen molar-refractivity contribution >= 4 is 22.7 Å². The Hall–Kier alpha value is -2.10. The predicted octanol–water partition coefficient (Wildman–Crippen LogP) is 3.15. The van der Waals surface area contributed by atoms with Gasteiger partial charge in [-0.05, 0) is 56.0 Å². The summed E-state index contributed by atoms with van der Waals surface area (Å²) in [5.41, 5.74) is 3.52. The molecule has 0 spiro atoms. The monoisotopic (exact) mass is 270 g/mol. The molecule has 2 aromatic rings. The van der Waals surface area contributed by atoms with E-state index in [4.69, 9.17) is 0 Å². The summed E-state index contributed by atoms with van der Waals surface area (Å²) in [4.78, 5) is 18.2. The second-order valence-electron chi connectivity index (χ2n) is 5.49. The molecule has 3 rings (SSSR count). The summed E-state index contributed by atoms with van der Waals surface area (Å²) < 4.78 is 0. The van der Waals surface area contributed by atoms with Gasteiger partial charge in [0.25, 0.3) is 0 Å². The number of nitrogens with zero attached hydrogens (tertiary/aromatic N) is 2. The second-order valence-corrected chi connectivity index (χ2v) is 5.49. The number of aryl methyl sites for hydroxylation is 2. The highest BCUT2D eigenvalue weighted by Gasteiger charge is 2.21. The summed E-state index contributed by atoms with van der Waals surface area (Å²) in [6.07, 6.45) is 2.21. The number of benzene rings is 1. The third-order valence-corrected chi connectivity index (χ3v) is 4.05. The fourth-order valence-corrected chi connectivity index (χ4v) is 2.76. The second kappa shape index (κ2) is 4.78. The van der Waals surface area contributed by atoms with Gasteiger partial charge >= 0.3 is 5.97 Å². The van der Waals surface area contributed by atoms with Crippen LogP contribution in [0.1, 0.15) is 34.3 Å². The number of hydrogen-bond donors (Lipinski definition) is 1. The molecule has 104 valence electrons. The van der Waals surface area contributed by atoms with Gasteiger partial charge in [-0.2, -0.15) is 0 Å². The summed E-state index contributed by atoms with van der Waals surface area (Å²) >= 11 is 0. The van der Waals surface area contributed by atoms with Gasteiger partial charge < -0.3 is 10.0 Å². The summed E-state index contributed by atoms with van der Waals surface area (Å²) in [5, 5.41) is 10.3. The molecule has 4 heteroatoms. The van der Waals surface area contributed by atoms with Gasteiger partial charge in [0.1, 0.15) is 11.4 Å². The molecule has 1 fully saturated rings. The van der Waals surface area contributed by atoms with Crippen LogP contribution in [0.4, 0.5) is 5.82 Å². The van der Waals surface area contributed by atoms with E-state index < -0.39 is 5.97 Å². The lowest BCUT2D eigenvalue weighted by atomic mass is 10.0. The van der Waals surface area contributed by atoms with E-state index >= 15 is 0 Å². The molecule has 0 saturated carbocycles. The van der Waals surface area contributed by atoms with Crippen molar-refractivity contribution in [1.29, 1.82) is 0 Å². The van der Waals surface area contributed by atoms with Gasteiger partial charge in [-0.3, -0.25) is 0 Å². The zero-order valence-corrected chi connectivity index (χ0v) is 11.8. The lowest BCUT2D eigenvalue weighted by Gasteiger charge is -2.19. The van der Waals surface area contributed by atoms with E-state index in [1.165, 1.54) is 5.56 Å². The Morgan fingerprint density at radius 3 is 2.45 bits per heavy atom. The smallest absolute Gasteiger partial charge is 0.339 e. The maximum atomic E-state index is 11.5. The molecule has 1 aliphatic rings. The van der Waals surface area contributed by atoms with Crippen LogP contribution in [0.2, 0.25) is 0 Å². The fraction of sp³-hybridized carbons (Fsp3) is 0.375. The van der Waals surface area contributed by atoms with Gasteiger partial charge in [-0.15, -0.1) is 0 Å². The van der Waals surface area contributed by atoms with Crippen LogP contribution in [-0.4, -0.2) is 29.1 Å². The first-order valence-corrected chi connectivity index (χ1v) is 6.96. The number of carboxylic acids is 1. The average molecular weight is 270 g/mol. The summed E-state index contributed by atoms with van der Waals surface area (Å²) in [6.45, 7) is 5.87. The van der Waals surface area contributed by atoms with Crippen LogP contribution in [0.5, 0.6) is 0 Å². The Bertz CT molecular complexity index is 688. The van der Waals surface area contributed by atoms with Gasteiger partial charge in [-0.25, -0.2) is 9.78 Å². The molecule has 1 saturated heterocycles. The molecule has 0 bridgehead atoms. The number of pyridine rings is 1. The molecule has 0 aliphatic carbocycles. The van der Waals surface area contributed by atoms with Crippen LogP contribution in [-0.2, 0) is 0 Å². The lowest BCUT2D eigenvalue weighted by molar-refractivity contribution is 0.0697. The number of aromatic nitrogens is 1. The molecule has 1 aromatic carbocycles. The third kappa shape index (κ3) is 2.11. The van der Waals surface area contributed by atoms with Crippen molar-refractivity contribution in [2.45, 2.75) is 26.7 Å². The van der Waals surface area contributed by atoms with E-state index in [9.17, 15) is 9.90 Å². The minimum Gasteiger partial charge on any atom is -0.478 e. The standard InChI is InChI=1S/C16H18N2O2/c1-10-7-12-9-13(16(19)20)15(18-5-3-4-6-18)17-14(12)8-11(10)2/h7-9H,3-6H2,1-2H3,(H,19,20). The summed E-state index contributed by atoms with van der Waals surface area (Å²) in [7, 11) is 0. The Morgan fingerprint density at radius 1 is 1.15 bits per heavy atom. The molecule has 1 aliphatic heterocycles. The van der Waals surface area contributed by atoms with Crippen molar-refractivity contribution in [3.63, 3.8) is 0 Å². The van der Waals surface area contributed by atoms with Crippen LogP contribution in [0.3, 0.4) is 0 Å². The van der Waals surface area contributed by atoms with Gasteiger partial charge in [0.2, 0.25) is 0 Å². The number of aromatic carboxylic acids is 1. The molecule has 20 heavy (non-hydrogen) atoms. The molecule has 1 aromatic heterocycles. The first kappa shape index (κ1) is 12.9. The fourth-order valence-electron chi connectivity index (χ4n) is 2.76. The normalized spacial score (nSPS) is 15.0. The SMILES string of the molecule is Cc1cc2cc(C(=O)O)c(N3CCCC3)nc2cc1C. The number of anilines is 1. The number of carboxylic acid groups (broad SMARTS) is 1. The van der Waals surface area contributed by atoms with Gasteiger partial charge in [-0.1, -0.05) is 0 Å². The quantitative estimate of drug-likeness (QED) is 0.910. The van der Waals surface area contributed by atoms with Gasteiger partial charge in [0.05, 0.1) is 5.52 Å². The maximum absolute atomic E-state index is 11.5. The van der Waals surface area contributed by atoms with Crippen LogP contribution in [0.15, 0.2) is 18.2 Å². The Kier molecular flexibility index (Phi) is 3.08. The topological polar surface area (TPSA) is 53.4 Å².